The van der Waals surface area contributed by atoms with Gasteiger partial charge in [-0.05, 0) is 36.0 Å². The van der Waals surface area contributed by atoms with Crippen LogP contribution in [-0.2, 0) is 16.4 Å². The monoisotopic (exact) mass is 326 g/mol. The van der Waals surface area contributed by atoms with E-state index in [1.807, 2.05) is 0 Å². The summed E-state index contributed by atoms with van der Waals surface area (Å²) in [5.74, 6) is 1.05. The van der Waals surface area contributed by atoms with Gasteiger partial charge in [0, 0.05) is 13.0 Å². The van der Waals surface area contributed by atoms with Gasteiger partial charge in [-0.15, -0.1) is 0 Å². The average Bonchev–Trinajstić information content (AvgIpc) is 2.82. The molecule has 2 unspecified atom stereocenters. The van der Waals surface area contributed by atoms with Crippen LogP contribution in [0.4, 0.5) is 0 Å². The topological polar surface area (TPSA) is 72.2 Å². The summed E-state index contributed by atoms with van der Waals surface area (Å²) in [4.78, 5) is 0.693. The summed E-state index contributed by atoms with van der Waals surface area (Å²) in [6.07, 6.45) is 3.99. The van der Waals surface area contributed by atoms with Crippen molar-refractivity contribution in [3.63, 3.8) is 0 Å². The number of rotatable bonds is 6. The molecule has 1 saturated carbocycles. The number of nitrogens with one attached hydrogen (secondary N) is 1. The molecule has 2 rings (SSSR count). The SMILES string of the molecule is CC1CCCC1CNS(=O)(=O)c1ccc(CC(N)=S)cc1. The Balaban J connectivity index is 2.00. The molecule has 1 aliphatic carbocycles. The Morgan fingerprint density at radius 2 is 2.00 bits per heavy atom. The third kappa shape index (κ3) is 4.49. The molecule has 6 heteroatoms. The molecule has 0 saturated heterocycles. The number of benzene rings is 1. The van der Waals surface area contributed by atoms with Crippen molar-refractivity contribution in [2.45, 2.75) is 37.5 Å². The Morgan fingerprint density at radius 3 is 2.52 bits per heavy atom. The Kier molecular flexibility index (Phi) is 5.35. The molecule has 0 amide bonds. The largest absolute Gasteiger partial charge is 0.393 e. The number of thiocarbonyl (C=S) groups is 1. The molecular formula is C15H22N2O2S2. The van der Waals surface area contributed by atoms with Crippen LogP contribution in [0, 0.1) is 11.8 Å². The summed E-state index contributed by atoms with van der Waals surface area (Å²) in [5, 5.41) is 0. The highest BCUT2D eigenvalue weighted by Crippen LogP contribution is 2.30. The highest BCUT2D eigenvalue weighted by atomic mass is 32.2. The maximum Gasteiger partial charge on any atom is 0.240 e. The predicted molar refractivity (Wildman–Crippen MR) is 88.6 cm³/mol. The molecule has 116 valence electrons. The first kappa shape index (κ1) is 16.4. The second kappa shape index (κ2) is 6.85. The average molecular weight is 326 g/mol. The van der Waals surface area contributed by atoms with E-state index in [4.69, 9.17) is 18.0 Å². The highest BCUT2D eigenvalue weighted by Gasteiger charge is 2.25. The Labute approximate surface area is 132 Å². The molecule has 1 aromatic rings. The summed E-state index contributed by atoms with van der Waals surface area (Å²) < 4.78 is 27.3. The van der Waals surface area contributed by atoms with E-state index < -0.39 is 10.0 Å². The molecule has 2 atom stereocenters. The fourth-order valence-corrected chi connectivity index (χ4v) is 4.07. The van der Waals surface area contributed by atoms with Crippen LogP contribution in [-0.4, -0.2) is 20.0 Å². The van der Waals surface area contributed by atoms with Crippen molar-refractivity contribution in [1.29, 1.82) is 0 Å². The van der Waals surface area contributed by atoms with E-state index in [1.54, 1.807) is 24.3 Å². The van der Waals surface area contributed by atoms with Crippen molar-refractivity contribution in [2.24, 2.45) is 17.6 Å². The lowest BCUT2D eigenvalue weighted by Gasteiger charge is -2.16. The molecule has 1 aliphatic rings. The van der Waals surface area contributed by atoms with Gasteiger partial charge in [-0.2, -0.15) is 0 Å². The van der Waals surface area contributed by atoms with Crippen LogP contribution in [0.3, 0.4) is 0 Å². The zero-order valence-electron chi connectivity index (χ0n) is 12.2. The van der Waals surface area contributed by atoms with E-state index in [9.17, 15) is 8.42 Å². The van der Waals surface area contributed by atoms with Crippen molar-refractivity contribution < 1.29 is 8.42 Å². The molecular weight excluding hydrogens is 304 g/mol. The number of hydrogen-bond acceptors (Lipinski definition) is 3. The standard InChI is InChI=1S/C15H22N2O2S2/c1-11-3-2-4-13(11)10-17-21(18,19)14-7-5-12(6-8-14)9-15(16)20/h5-8,11,13,17H,2-4,9-10H2,1H3,(H2,16,20). The van der Waals surface area contributed by atoms with Crippen LogP contribution in [0.5, 0.6) is 0 Å². The van der Waals surface area contributed by atoms with E-state index in [0.717, 1.165) is 12.0 Å². The highest BCUT2D eigenvalue weighted by molar-refractivity contribution is 7.89. The van der Waals surface area contributed by atoms with Gasteiger partial charge in [0.1, 0.15) is 0 Å². The van der Waals surface area contributed by atoms with E-state index in [0.29, 0.717) is 34.7 Å². The van der Waals surface area contributed by atoms with Gasteiger partial charge >= 0.3 is 0 Å². The van der Waals surface area contributed by atoms with Crippen molar-refractivity contribution in [2.75, 3.05) is 6.54 Å². The van der Waals surface area contributed by atoms with Crippen LogP contribution in [0.1, 0.15) is 31.7 Å². The third-order valence-corrected chi connectivity index (χ3v) is 5.77. The van der Waals surface area contributed by atoms with Crippen molar-refractivity contribution >= 4 is 27.2 Å². The minimum Gasteiger partial charge on any atom is -0.393 e. The van der Waals surface area contributed by atoms with Crippen LogP contribution in [0.25, 0.3) is 0 Å². The normalized spacial score (nSPS) is 22.3. The van der Waals surface area contributed by atoms with E-state index >= 15 is 0 Å². The lowest BCUT2D eigenvalue weighted by atomic mass is 9.99. The first-order valence-corrected chi connectivity index (χ1v) is 9.14. The molecule has 1 aromatic carbocycles. The zero-order chi connectivity index (χ0) is 15.5. The smallest absolute Gasteiger partial charge is 0.240 e. The van der Waals surface area contributed by atoms with Crippen LogP contribution >= 0.6 is 12.2 Å². The van der Waals surface area contributed by atoms with E-state index in [2.05, 4.69) is 11.6 Å². The minimum absolute atomic E-state index is 0.292. The van der Waals surface area contributed by atoms with Gasteiger partial charge in [-0.3, -0.25) is 0 Å². The summed E-state index contributed by atoms with van der Waals surface area (Å²) in [7, 11) is -3.43. The first-order chi connectivity index (χ1) is 9.88. The molecule has 21 heavy (non-hydrogen) atoms. The van der Waals surface area contributed by atoms with Crippen molar-refractivity contribution in [1.82, 2.24) is 4.72 Å². The molecule has 0 aliphatic heterocycles. The fraction of sp³-hybridized carbons (Fsp3) is 0.533. The summed E-state index contributed by atoms with van der Waals surface area (Å²) in [6, 6.07) is 6.72. The molecule has 1 fully saturated rings. The lowest BCUT2D eigenvalue weighted by molar-refractivity contribution is 0.414. The summed E-state index contributed by atoms with van der Waals surface area (Å²) in [6.45, 7) is 2.72. The molecule has 3 N–H and O–H groups in total. The molecule has 0 radical (unpaired) electrons. The summed E-state index contributed by atoms with van der Waals surface area (Å²) >= 11 is 4.84. The second-order valence-corrected chi connectivity index (χ2v) is 8.10. The number of nitrogens with two attached hydrogens (primary N) is 1. The zero-order valence-corrected chi connectivity index (χ0v) is 13.8. The van der Waals surface area contributed by atoms with E-state index in [1.165, 1.54) is 12.8 Å². The molecule has 0 heterocycles. The van der Waals surface area contributed by atoms with E-state index in [-0.39, 0.29) is 0 Å². The maximum atomic E-state index is 12.3. The maximum absolute atomic E-state index is 12.3. The van der Waals surface area contributed by atoms with Gasteiger partial charge in [0.05, 0.1) is 9.88 Å². The van der Waals surface area contributed by atoms with Gasteiger partial charge in [0.2, 0.25) is 10.0 Å². The second-order valence-electron chi connectivity index (χ2n) is 5.81. The van der Waals surface area contributed by atoms with Crippen molar-refractivity contribution in [3.8, 4) is 0 Å². The fourth-order valence-electron chi connectivity index (χ4n) is 2.81. The number of hydrogen-bond donors (Lipinski definition) is 2. The molecule has 0 aromatic heterocycles. The van der Waals surface area contributed by atoms with Gasteiger partial charge in [0.25, 0.3) is 0 Å². The van der Waals surface area contributed by atoms with Gasteiger partial charge in [-0.25, -0.2) is 13.1 Å². The van der Waals surface area contributed by atoms with Crippen LogP contribution < -0.4 is 10.5 Å². The predicted octanol–water partition coefficient (Wildman–Crippen LogP) is 2.23. The Morgan fingerprint density at radius 1 is 1.33 bits per heavy atom. The van der Waals surface area contributed by atoms with Gasteiger partial charge in [-0.1, -0.05) is 44.1 Å². The Hall–Kier alpha value is -0.980. The van der Waals surface area contributed by atoms with Crippen LogP contribution in [0.2, 0.25) is 0 Å². The van der Waals surface area contributed by atoms with Crippen molar-refractivity contribution in [3.05, 3.63) is 29.8 Å². The Bertz CT molecular complexity index is 597. The molecule has 0 bridgehead atoms. The van der Waals surface area contributed by atoms with Gasteiger partial charge in [0.15, 0.2) is 0 Å². The molecule has 4 nitrogen and oxygen atoms in total. The number of sulfonamides is 1. The first-order valence-electron chi connectivity index (χ1n) is 7.25. The lowest BCUT2D eigenvalue weighted by Crippen LogP contribution is -2.30. The van der Waals surface area contributed by atoms with Gasteiger partial charge < -0.3 is 5.73 Å². The third-order valence-electron chi connectivity index (χ3n) is 4.19. The van der Waals surface area contributed by atoms with Crippen LogP contribution in [0.15, 0.2) is 29.2 Å². The quantitative estimate of drug-likeness (QED) is 0.786. The minimum atomic E-state index is -3.43. The summed E-state index contributed by atoms with van der Waals surface area (Å²) in [5.41, 5.74) is 6.40. The molecule has 0 spiro atoms.